The lowest BCUT2D eigenvalue weighted by molar-refractivity contribution is 0.463. The summed E-state index contributed by atoms with van der Waals surface area (Å²) >= 11 is 0. The molecular weight excluding hydrogens is 521 g/mol. The molecule has 4 aromatic carbocycles. The maximum Gasteiger partial charge on any atom is 0.166 e. The lowest BCUT2D eigenvalue weighted by atomic mass is 10.0. The third-order valence-electron chi connectivity index (χ3n) is 6.66. The van der Waals surface area contributed by atoms with Crippen LogP contribution in [0.4, 0.5) is 0 Å². The van der Waals surface area contributed by atoms with E-state index in [9.17, 15) is 13.0 Å². The minimum Gasteiger partial charge on any atom is -0.744 e. The van der Waals surface area contributed by atoms with E-state index in [1.807, 2.05) is 6.92 Å². The van der Waals surface area contributed by atoms with Gasteiger partial charge in [0, 0.05) is 0 Å². The zero-order valence-corrected chi connectivity index (χ0v) is 25.6. The highest BCUT2D eigenvalue weighted by atomic mass is 32.2. The fourth-order valence-electron chi connectivity index (χ4n) is 4.08. The second-order valence-corrected chi connectivity index (χ2v) is 14.2. The zero-order chi connectivity index (χ0) is 28.7. The van der Waals surface area contributed by atoms with Crippen molar-refractivity contribution in [2.45, 2.75) is 85.8 Å². The first-order chi connectivity index (χ1) is 18.4. The number of hydrogen-bond acceptors (Lipinski definition) is 3. The van der Waals surface area contributed by atoms with Crippen LogP contribution in [0, 0.1) is 6.92 Å². The van der Waals surface area contributed by atoms with Crippen LogP contribution in [0.25, 0.3) is 0 Å². The van der Waals surface area contributed by atoms with E-state index < -0.39 is 10.1 Å². The quantitative estimate of drug-likeness (QED) is 0.167. The van der Waals surface area contributed by atoms with Gasteiger partial charge < -0.3 is 4.55 Å². The third kappa shape index (κ3) is 8.56. The minimum absolute atomic E-state index is 0.0791. The second kappa shape index (κ2) is 13.5. The Balaban J connectivity index is 0.000000320. The van der Waals surface area contributed by atoms with Gasteiger partial charge in [-0.3, -0.25) is 0 Å². The number of aryl methyl sites for hydroxylation is 1. The molecule has 0 aliphatic rings. The van der Waals surface area contributed by atoms with Gasteiger partial charge in [-0.25, -0.2) is 8.42 Å². The van der Waals surface area contributed by atoms with Gasteiger partial charge in [-0.2, -0.15) is 0 Å². The molecule has 5 heteroatoms. The van der Waals surface area contributed by atoms with Crippen molar-refractivity contribution in [2.24, 2.45) is 0 Å². The number of benzene rings is 4. The molecule has 4 rings (SSSR count). The van der Waals surface area contributed by atoms with E-state index in [0.717, 1.165) is 5.56 Å². The minimum atomic E-state index is -4.27. The Morgan fingerprint density at radius 2 is 0.795 bits per heavy atom. The van der Waals surface area contributed by atoms with Gasteiger partial charge in [0.2, 0.25) is 0 Å². The Hall–Kier alpha value is -2.86. The molecule has 0 aromatic heterocycles. The van der Waals surface area contributed by atoms with Crippen LogP contribution in [0.1, 0.15) is 81.5 Å². The number of hydrogen-bond donors (Lipinski definition) is 0. The van der Waals surface area contributed by atoms with Gasteiger partial charge in [0.1, 0.15) is 10.1 Å². The molecule has 0 fully saturated rings. The van der Waals surface area contributed by atoms with E-state index in [1.165, 1.54) is 43.5 Å². The van der Waals surface area contributed by atoms with Crippen LogP contribution in [0.3, 0.4) is 0 Å². The third-order valence-corrected chi connectivity index (χ3v) is 9.74. The molecule has 206 valence electrons. The maximum atomic E-state index is 10.4. The molecule has 0 aliphatic carbocycles. The summed E-state index contributed by atoms with van der Waals surface area (Å²) in [6, 6.07) is 33.5. The Kier molecular flexibility index (Phi) is 10.6. The van der Waals surface area contributed by atoms with Gasteiger partial charge in [-0.15, -0.1) is 0 Å². The topological polar surface area (TPSA) is 57.2 Å². The summed E-state index contributed by atoms with van der Waals surface area (Å²) in [6.45, 7) is 15.3. The SMILES string of the molecule is CC(C)c1ccc([S+](c2ccc(C(C)C)cc2)c2ccc(C(C)C)cc2)cc1.Cc1ccc(S(=O)(=O)[O-])cc1. The molecule has 0 N–H and O–H groups in total. The average molecular weight is 561 g/mol. The molecule has 0 radical (unpaired) electrons. The van der Waals surface area contributed by atoms with Crippen molar-refractivity contribution in [3.05, 3.63) is 119 Å². The summed E-state index contributed by atoms with van der Waals surface area (Å²) in [5.74, 6) is 1.68. The zero-order valence-electron chi connectivity index (χ0n) is 24.0. The predicted octanol–water partition coefficient (Wildman–Crippen LogP) is 9.05. The van der Waals surface area contributed by atoms with Crippen molar-refractivity contribution < 1.29 is 13.0 Å². The molecule has 39 heavy (non-hydrogen) atoms. The molecule has 0 saturated heterocycles. The van der Waals surface area contributed by atoms with Crippen LogP contribution in [-0.2, 0) is 21.0 Å². The predicted molar refractivity (Wildman–Crippen MR) is 163 cm³/mol. The molecule has 0 saturated carbocycles. The molecule has 0 aliphatic heterocycles. The molecule has 0 unspecified atom stereocenters. The van der Waals surface area contributed by atoms with Crippen molar-refractivity contribution in [3.63, 3.8) is 0 Å². The van der Waals surface area contributed by atoms with E-state index in [2.05, 4.69) is 114 Å². The van der Waals surface area contributed by atoms with Gasteiger partial charge in [-0.1, -0.05) is 95.6 Å². The van der Waals surface area contributed by atoms with Gasteiger partial charge in [0.05, 0.1) is 15.8 Å². The van der Waals surface area contributed by atoms with Crippen molar-refractivity contribution >= 4 is 21.0 Å². The van der Waals surface area contributed by atoms with Gasteiger partial charge >= 0.3 is 0 Å². The summed E-state index contributed by atoms with van der Waals surface area (Å²) in [5.41, 5.74) is 5.13. The van der Waals surface area contributed by atoms with E-state index in [1.54, 1.807) is 12.1 Å². The monoisotopic (exact) mass is 560 g/mol. The highest BCUT2D eigenvalue weighted by Gasteiger charge is 2.29. The van der Waals surface area contributed by atoms with Crippen LogP contribution < -0.4 is 0 Å². The van der Waals surface area contributed by atoms with Gasteiger partial charge in [0.15, 0.2) is 14.7 Å². The molecule has 0 atom stereocenters. The Morgan fingerprint density at radius 1 is 0.513 bits per heavy atom. The normalized spacial score (nSPS) is 11.7. The molecule has 0 heterocycles. The van der Waals surface area contributed by atoms with Crippen LogP contribution in [-0.4, -0.2) is 13.0 Å². The summed E-state index contributed by atoms with van der Waals surface area (Å²) < 4.78 is 31.2. The standard InChI is InChI=1S/C27H33S.C7H8O3S/c1-19(2)22-7-13-25(14-8-22)28(26-15-9-23(10-16-26)20(3)4)27-17-11-24(12-18-27)21(5)6;1-6-2-4-7(5-3-6)11(8,9)10/h7-21H,1-6H3;2-5H,1H3,(H,8,9,10)/q+1;/p-1. The van der Waals surface area contributed by atoms with E-state index in [-0.39, 0.29) is 15.8 Å². The van der Waals surface area contributed by atoms with E-state index >= 15 is 0 Å². The van der Waals surface area contributed by atoms with Crippen molar-refractivity contribution in [1.29, 1.82) is 0 Å². The highest BCUT2D eigenvalue weighted by molar-refractivity contribution is 7.97. The van der Waals surface area contributed by atoms with Crippen molar-refractivity contribution in [1.82, 2.24) is 0 Å². The van der Waals surface area contributed by atoms with Gasteiger partial charge in [-0.05, 0) is 89.9 Å². The molecule has 0 bridgehead atoms. The maximum absolute atomic E-state index is 10.4. The summed E-state index contributed by atoms with van der Waals surface area (Å²) in [5, 5.41) is 0. The Labute approximate surface area is 238 Å². The molecule has 0 amide bonds. The molecule has 3 nitrogen and oxygen atoms in total. The first kappa shape index (κ1) is 30.7. The van der Waals surface area contributed by atoms with Crippen LogP contribution in [0.5, 0.6) is 0 Å². The summed E-state index contributed by atoms with van der Waals surface area (Å²) in [4.78, 5) is 3.99. The summed E-state index contributed by atoms with van der Waals surface area (Å²) in [6.07, 6.45) is 0. The van der Waals surface area contributed by atoms with Crippen LogP contribution >= 0.6 is 0 Å². The summed E-state index contributed by atoms with van der Waals surface area (Å²) in [7, 11) is -4.35. The fourth-order valence-corrected chi connectivity index (χ4v) is 6.59. The highest BCUT2D eigenvalue weighted by Crippen LogP contribution is 2.33. The number of rotatable bonds is 7. The first-order valence-electron chi connectivity index (χ1n) is 13.4. The van der Waals surface area contributed by atoms with Crippen LogP contribution in [0.15, 0.2) is 117 Å². The van der Waals surface area contributed by atoms with Gasteiger partial charge in [0.25, 0.3) is 0 Å². The Bertz CT molecular complexity index is 1300. The molecule has 4 aromatic rings. The first-order valence-corrected chi connectivity index (χ1v) is 16.1. The lowest BCUT2D eigenvalue weighted by Gasteiger charge is -2.12. The van der Waals surface area contributed by atoms with Crippen LogP contribution in [0.2, 0.25) is 0 Å². The lowest BCUT2D eigenvalue weighted by Crippen LogP contribution is -2.06. The largest absolute Gasteiger partial charge is 0.744 e. The van der Waals surface area contributed by atoms with E-state index in [0.29, 0.717) is 17.8 Å². The Morgan fingerprint density at radius 3 is 1.03 bits per heavy atom. The van der Waals surface area contributed by atoms with Crippen molar-refractivity contribution in [2.75, 3.05) is 0 Å². The van der Waals surface area contributed by atoms with E-state index in [4.69, 9.17) is 0 Å². The molecular formula is C34H40O3S2. The smallest absolute Gasteiger partial charge is 0.166 e. The second-order valence-electron chi connectivity index (χ2n) is 10.7. The fraction of sp³-hybridized carbons (Fsp3) is 0.294. The average Bonchev–Trinajstić information content (AvgIpc) is 2.90. The molecule has 0 spiro atoms. The van der Waals surface area contributed by atoms with Crippen molar-refractivity contribution in [3.8, 4) is 0 Å².